The van der Waals surface area contributed by atoms with E-state index in [1.165, 1.54) is 23.6 Å². The lowest BCUT2D eigenvalue weighted by atomic mass is 9.95. The van der Waals surface area contributed by atoms with Crippen LogP contribution in [0.5, 0.6) is 5.06 Å². The fraction of sp³-hybridized carbons (Fsp3) is 0.292. The van der Waals surface area contributed by atoms with Gasteiger partial charge in [0.2, 0.25) is 0 Å². The van der Waals surface area contributed by atoms with Crippen molar-refractivity contribution in [3.05, 3.63) is 82.2 Å². The van der Waals surface area contributed by atoms with Crippen molar-refractivity contribution in [3.8, 4) is 5.06 Å². The minimum absolute atomic E-state index is 0.0319. The van der Waals surface area contributed by atoms with Gasteiger partial charge in [0.1, 0.15) is 5.82 Å². The molecule has 1 aromatic carbocycles. The maximum absolute atomic E-state index is 14.6. The van der Waals surface area contributed by atoms with E-state index in [1.54, 1.807) is 36.5 Å². The van der Waals surface area contributed by atoms with Gasteiger partial charge in [-0.2, -0.15) is 0 Å². The summed E-state index contributed by atoms with van der Waals surface area (Å²) in [7, 11) is 0. The van der Waals surface area contributed by atoms with Crippen LogP contribution in [0.15, 0.2) is 54.9 Å². The molecular formula is C24H21FN2O3S. The number of ketones is 1. The summed E-state index contributed by atoms with van der Waals surface area (Å²) in [6.07, 6.45) is 5.57. The molecule has 0 radical (unpaired) electrons. The maximum atomic E-state index is 14.6. The van der Waals surface area contributed by atoms with E-state index < -0.39 is 12.0 Å². The van der Waals surface area contributed by atoms with Gasteiger partial charge < -0.3 is 4.74 Å². The van der Waals surface area contributed by atoms with E-state index in [2.05, 4.69) is 9.88 Å². The van der Waals surface area contributed by atoms with Crippen LogP contribution >= 0.6 is 11.3 Å². The van der Waals surface area contributed by atoms with Crippen molar-refractivity contribution in [2.24, 2.45) is 5.92 Å². The first-order chi connectivity index (χ1) is 15.1. The monoisotopic (exact) mass is 436 g/mol. The van der Waals surface area contributed by atoms with Crippen LogP contribution in [-0.2, 0) is 17.8 Å². The lowest BCUT2D eigenvalue weighted by Gasteiger charge is -2.34. The third-order valence-electron chi connectivity index (χ3n) is 5.78. The Morgan fingerprint density at radius 3 is 2.77 bits per heavy atom. The number of halogens is 1. The van der Waals surface area contributed by atoms with Crippen molar-refractivity contribution < 1.29 is 18.7 Å². The number of fused-ring (bicyclic) bond motifs is 1. The van der Waals surface area contributed by atoms with Gasteiger partial charge in [-0.25, -0.2) is 9.18 Å². The lowest BCUT2D eigenvalue weighted by molar-refractivity contribution is -0.126. The first kappa shape index (κ1) is 20.0. The summed E-state index contributed by atoms with van der Waals surface area (Å²) >= 11 is 1.45. The van der Waals surface area contributed by atoms with Gasteiger partial charge in [0.05, 0.1) is 11.6 Å². The zero-order valence-corrected chi connectivity index (χ0v) is 17.6. The van der Waals surface area contributed by atoms with Crippen molar-refractivity contribution in [1.82, 2.24) is 9.88 Å². The number of carbonyl (C=O) groups is 2. The molecule has 2 aliphatic rings. The van der Waals surface area contributed by atoms with Crippen LogP contribution in [0.3, 0.4) is 0 Å². The summed E-state index contributed by atoms with van der Waals surface area (Å²) in [6, 6.07) is 11.2. The Morgan fingerprint density at radius 2 is 2.03 bits per heavy atom. The average molecular weight is 437 g/mol. The Bertz CT molecular complexity index is 1130. The Balaban J connectivity index is 1.37. The van der Waals surface area contributed by atoms with Gasteiger partial charge in [0.15, 0.2) is 10.8 Å². The highest BCUT2D eigenvalue weighted by molar-refractivity contribution is 7.14. The largest absolute Gasteiger partial charge is 0.412 e. The van der Waals surface area contributed by atoms with E-state index in [0.29, 0.717) is 29.3 Å². The van der Waals surface area contributed by atoms with Gasteiger partial charge in [-0.3, -0.25) is 14.7 Å². The first-order valence-electron chi connectivity index (χ1n) is 10.4. The number of aromatic nitrogens is 1. The second kappa shape index (κ2) is 8.32. The number of hydrogen-bond acceptors (Lipinski definition) is 6. The predicted octanol–water partition coefficient (Wildman–Crippen LogP) is 4.58. The smallest absolute Gasteiger partial charge is 0.345 e. The van der Waals surface area contributed by atoms with Crippen LogP contribution in [0.2, 0.25) is 0 Å². The summed E-state index contributed by atoms with van der Waals surface area (Å²) < 4.78 is 20.1. The number of carbonyl (C=O) groups excluding carboxylic acids is 2. The minimum atomic E-state index is -0.580. The molecule has 158 valence electrons. The van der Waals surface area contributed by atoms with E-state index in [0.717, 1.165) is 29.7 Å². The number of Topliss-reactive ketones (excluding diaryl/α,β-unsaturated/α-hetero) is 1. The summed E-state index contributed by atoms with van der Waals surface area (Å²) in [5.74, 6) is -0.656. The molecule has 3 heterocycles. The summed E-state index contributed by atoms with van der Waals surface area (Å²) in [5, 5.41) is 0.525. The number of nitrogens with zero attached hydrogens (tertiary/aromatic N) is 2. The SMILES string of the molecule is O=C(Oc1cc2c(s1)CCN([C@@H](C(=O)C1CC1)c1ccccc1F)C2)c1cccnc1. The minimum Gasteiger partial charge on any atom is -0.412 e. The van der Waals surface area contributed by atoms with Gasteiger partial charge in [-0.1, -0.05) is 18.2 Å². The Morgan fingerprint density at radius 1 is 1.19 bits per heavy atom. The topological polar surface area (TPSA) is 59.5 Å². The van der Waals surface area contributed by atoms with E-state index in [4.69, 9.17) is 4.74 Å². The van der Waals surface area contributed by atoms with Crippen LogP contribution in [0, 0.1) is 11.7 Å². The highest BCUT2D eigenvalue weighted by Crippen LogP contribution is 2.41. The molecule has 0 N–H and O–H groups in total. The summed E-state index contributed by atoms with van der Waals surface area (Å²) in [4.78, 5) is 32.6. The fourth-order valence-electron chi connectivity index (χ4n) is 4.05. The standard InChI is InChI=1S/C24H21FN2O3S/c25-19-6-2-1-5-18(19)22(23(28)15-7-8-15)27-11-9-20-17(14-27)12-21(31-20)30-24(29)16-4-3-10-26-13-16/h1-6,10,12-13,15,22H,7-9,11,14H2/t22-/m1/s1. The lowest BCUT2D eigenvalue weighted by Crippen LogP contribution is -2.38. The van der Waals surface area contributed by atoms with E-state index in [9.17, 15) is 14.0 Å². The second-order valence-corrected chi connectivity index (χ2v) is 9.07. The highest BCUT2D eigenvalue weighted by Gasteiger charge is 2.40. The van der Waals surface area contributed by atoms with Crippen molar-refractivity contribution >= 4 is 23.1 Å². The normalized spacial score (nSPS) is 17.1. The number of rotatable bonds is 6. The van der Waals surface area contributed by atoms with E-state index in [1.807, 2.05) is 6.07 Å². The van der Waals surface area contributed by atoms with Crippen LogP contribution < -0.4 is 4.74 Å². The molecule has 1 aliphatic carbocycles. The van der Waals surface area contributed by atoms with Gasteiger partial charge in [-0.05, 0) is 49.1 Å². The first-order valence-corrected chi connectivity index (χ1v) is 11.2. The molecular weight excluding hydrogens is 415 g/mol. The number of pyridine rings is 1. The molecule has 5 rings (SSSR count). The molecule has 0 amide bonds. The molecule has 7 heteroatoms. The predicted molar refractivity (Wildman–Crippen MR) is 115 cm³/mol. The van der Waals surface area contributed by atoms with Crippen molar-refractivity contribution in [1.29, 1.82) is 0 Å². The summed E-state index contributed by atoms with van der Waals surface area (Å²) in [5.41, 5.74) is 1.86. The molecule has 1 atom stereocenters. The second-order valence-electron chi connectivity index (χ2n) is 7.97. The van der Waals surface area contributed by atoms with Gasteiger partial charge in [0, 0.05) is 41.8 Å². The quantitative estimate of drug-likeness (QED) is 0.530. The van der Waals surface area contributed by atoms with Crippen LogP contribution in [0.25, 0.3) is 0 Å². The molecule has 0 spiro atoms. The molecule has 1 saturated carbocycles. The van der Waals surface area contributed by atoms with Crippen molar-refractivity contribution in [2.75, 3.05) is 6.54 Å². The van der Waals surface area contributed by atoms with Crippen LogP contribution in [-0.4, -0.2) is 28.2 Å². The molecule has 31 heavy (non-hydrogen) atoms. The number of ether oxygens (including phenoxy) is 1. The van der Waals surface area contributed by atoms with Crippen molar-refractivity contribution in [3.63, 3.8) is 0 Å². The Hall–Kier alpha value is -2.90. The number of esters is 1. The zero-order chi connectivity index (χ0) is 21.4. The number of benzene rings is 1. The fourth-order valence-corrected chi connectivity index (χ4v) is 5.06. The molecule has 2 aromatic heterocycles. The molecule has 5 nitrogen and oxygen atoms in total. The molecule has 1 aliphatic heterocycles. The molecule has 0 unspecified atom stereocenters. The third-order valence-corrected chi connectivity index (χ3v) is 6.89. The maximum Gasteiger partial charge on any atom is 0.345 e. The van der Waals surface area contributed by atoms with Crippen LogP contribution in [0.1, 0.15) is 45.2 Å². The molecule has 0 saturated heterocycles. The van der Waals surface area contributed by atoms with Gasteiger partial charge in [-0.15, -0.1) is 11.3 Å². The highest BCUT2D eigenvalue weighted by atomic mass is 32.1. The Labute approximate surface area is 183 Å². The van der Waals surface area contributed by atoms with Gasteiger partial charge in [0.25, 0.3) is 0 Å². The van der Waals surface area contributed by atoms with E-state index >= 15 is 0 Å². The van der Waals surface area contributed by atoms with Crippen molar-refractivity contribution in [2.45, 2.75) is 31.8 Å². The zero-order valence-electron chi connectivity index (χ0n) is 16.8. The Kier molecular flexibility index (Phi) is 5.38. The number of thiophene rings is 1. The van der Waals surface area contributed by atoms with E-state index in [-0.39, 0.29) is 17.5 Å². The van der Waals surface area contributed by atoms with Crippen LogP contribution in [0.4, 0.5) is 4.39 Å². The number of hydrogen-bond donors (Lipinski definition) is 0. The summed E-state index contributed by atoms with van der Waals surface area (Å²) in [6.45, 7) is 1.18. The third kappa shape index (κ3) is 4.16. The molecule has 0 bridgehead atoms. The molecule has 3 aromatic rings. The average Bonchev–Trinajstić information content (AvgIpc) is 3.56. The van der Waals surface area contributed by atoms with Gasteiger partial charge >= 0.3 is 5.97 Å². The molecule has 1 fully saturated rings.